The predicted octanol–water partition coefficient (Wildman–Crippen LogP) is 4.11. The summed E-state index contributed by atoms with van der Waals surface area (Å²) >= 11 is 0. The van der Waals surface area contributed by atoms with Crippen molar-refractivity contribution in [3.8, 4) is 5.69 Å². The van der Waals surface area contributed by atoms with E-state index in [9.17, 15) is 14.0 Å². The molecule has 0 aliphatic carbocycles. The van der Waals surface area contributed by atoms with Crippen LogP contribution in [-0.4, -0.2) is 39.4 Å². The number of nitrogens with zero attached hydrogens (tertiary/aromatic N) is 3. The molecule has 6 nitrogen and oxygen atoms in total. The van der Waals surface area contributed by atoms with Crippen molar-refractivity contribution in [2.24, 2.45) is 5.92 Å². The standard InChI is InChI=1S/C26H29FN4O2/c1-17-6-7-20(14-24(17)27)15-29-25(32)21-8-11-30(12-9-21)26(33)23-13-18(2)31(19(23)3)22-5-4-10-28-16-22/h4-7,10,13-14,16,21H,8-9,11-12,15H2,1-3H3,(H,29,32). The molecule has 0 spiro atoms. The summed E-state index contributed by atoms with van der Waals surface area (Å²) in [5.41, 5.74) is 4.80. The Hall–Kier alpha value is -3.48. The molecule has 0 radical (unpaired) electrons. The first kappa shape index (κ1) is 22.7. The molecule has 7 heteroatoms. The average Bonchev–Trinajstić information content (AvgIpc) is 3.13. The smallest absolute Gasteiger partial charge is 0.255 e. The van der Waals surface area contributed by atoms with Crippen LogP contribution in [0.25, 0.3) is 5.69 Å². The molecule has 1 aromatic carbocycles. The fraction of sp³-hybridized carbons (Fsp3) is 0.346. The highest BCUT2D eigenvalue weighted by Gasteiger charge is 2.29. The summed E-state index contributed by atoms with van der Waals surface area (Å²) in [6.07, 6.45) is 4.73. The Kier molecular flexibility index (Phi) is 6.58. The van der Waals surface area contributed by atoms with Crippen molar-refractivity contribution in [1.82, 2.24) is 19.8 Å². The number of amides is 2. The zero-order valence-corrected chi connectivity index (χ0v) is 19.3. The van der Waals surface area contributed by atoms with Gasteiger partial charge in [-0.3, -0.25) is 14.6 Å². The van der Waals surface area contributed by atoms with Gasteiger partial charge in [-0.05, 0) is 69.0 Å². The molecule has 3 heterocycles. The van der Waals surface area contributed by atoms with Crippen molar-refractivity contribution in [1.29, 1.82) is 0 Å². The second kappa shape index (κ2) is 9.57. The molecule has 0 unspecified atom stereocenters. The van der Waals surface area contributed by atoms with E-state index in [2.05, 4.69) is 10.3 Å². The number of piperidine rings is 1. The van der Waals surface area contributed by atoms with Gasteiger partial charge in [0.15, 0.2) is 0 Å². The van der Waals surface area contributed by atoms with Crippen LogP contribution in [0.4, 0.5) is 4.39 Å². The topological polar surface area (TPSA) is 67.2 Å². The monoisotopic (exact) mass is 448 g/mol. The zero-order chi connectivity index (χ0) is 23.5. The summed E-state index contributed by atoms with van der Waals surface area (Å²) in [4.78, 5) is 31.8. The molecule has 0 bridgehead atoms. The molecule has 0 atom stereocenters. The normalized spacial score (nSPS) is 14.4. The van der Waals surface area contributed by atoms with Crippen molar-refractivity contribution in [3.63, 3.8) is 0 Å². The summed E-state index contributed by atoms with van der Waals surface area (Å²) in [5, 5.41) is 2.91. The van der Waals surface area contributed by atoms with Crippen molar-refractivity contribution in [2.75, 3.05) is 13.1 Å². The number of rotatable bonds is 5. The van der Waals surface area contributed by atoms with E-state index in [-0.39, 0.29) is 23.5 Å². The molecule has 1 N–H and O–H groups in total. The van der Waals surface area contributed by atoms with Gasteiger partial charge in [0.2, 0.25) is 5.91 Å². The lowest BCUT2D eigenvalue weighted by molar-refractivity contribution is -0.126. The number of aryl methyl sites for hydroxylation is 2. The first-order chi connectivity index (χ1) is 15.8. The Balaban J connectivity index is 1.35. The summed E-state index contributed by atoms with van der Waals surface area (Å²) in [5.74, 6) is -0.464. The number of aromatic nitrogens is 2. The van der Waals surface area contributed by atoms with Gasteiger partial charge in [0.05, 0.1) is 17.4 Å². The minimum atomic E-state index is -0.267. The van der Waals surface area contributed by atoms with Crippen LogP contribution in [0.3, 0.4) is 0 Å². The van der Waals surface area contributed by atoms with Crippen LogP contribution in [0.5, 0.6) is 0 Å². The van der Waals surface area contributed by atoms with Gasteiger partial charge in [-0.25, -0.2) is 4.39 Å². The van der Waals surface area contributed by atoms with E-state index >= 15 is 0 Å². The third-order valence-corrected chi connectivity index (χ3v) is 6.42. The summed E-state index contributed by atoms with van der Waals surface area (Å²) < 4.78 is 15.7. The lowest BCUT2D eigenvalue weighted by Crippen LogP contribution is -2.43. The third-order valence-electron chi connectivity index (χ3n) is 6.42. The van der Waals surface area contributed by atoms with Gasteiger partial charge in [-0.2, -0.15) is 0 Å². The number of halogens is 1. The minimum absolute atomic E-state index is 0.00720. The van der Waals surface area contributed by atoms with Gasteiger partial charge in [0.1, 0.15) is 5.82 Å². The van der Waals surface area contributed by atoms with E-state index in [4.69, 9.17) is 0 Å². The van der Waals surface area contributed by atoms with E-state index in [1.807, 2.05) is 47.6 Å². The number of pyridine rings is 1. The maximum atomic E-state index is 13.7. The minimum Gasteiger partial charge on any atom is -0.352 e. The van der Waals surface area contributed by atoms with Crippen LogP contribution < -0.4 is 5.32 Å². The Bertz CT molecular complexity index is 1160. The van der Waals surface area contributed by atoms with Crippen LogP contribution in [0.2, 0.25) is 0 Å². The number of carbonyl (C=O) groups excluding carboxylic acids is 2. The first-order valence-corrected chi connectivity index (χ1v) is 11.3. The largest absolute Gasteiger partial charge is 0.352 e. The van der Waals surface area contributed by atoms with Gasteiger partial charge >= 0.3 is 0 Å². The Morgan fingerprint density at radius 2 is 1.88 bits per heavy atom. The van der Waals surface area contributed by atoms with Crippen LogP contribution >= 0.6 is 0 Å². The zero-order valence-electron chi connectivity index (χ0n) is 19.3. The average molecular weight is 449 g/mol. The summed E-state index contributed by atoms with van der Waals surface area (Å²) in [6, 6.07) is 10.8. The van der Waals surface area contributed by atoms with E-state index in [0.717, 1.165) is 22.6 Å². The lowest BCUT2D eigenvalue weighted by Gasteiger charge is -2.31. The van der Waals surface area contributed by atoms with Crippen molar-refractivity contribution < 1.29 is 14.0 Å². The van der Waals surface area contributed by atoms with Gasteiger partial charge in [-0.1, -0.05) is 12.1 Å². The lowest BCUT2D eigenvalue weighted by atomic mass is 9.95. The van der Waals surface area contributed by atoms with Crippen molar-refractivity contribution in [2.45, 2.75) is 40.2 Å². The highest BCUT2D eigenvalue weighted by molar-refractivity contribution is 5.96. The third kappa shape index (κ3) is 4.82. The first-order valence-electron chi connectivity index (χ1n) is 11.3. The van der Waals surface area contributed by atoms with Gasteiger partial charge in [-0.15, -0.1) is 0 Å². The summed E-state index contributed by atoms with van der Waals surface area (Å²) in [6.45, 7) is 7.01. The Morgan fingerprint density at radius 1 is 1.12 bits per heavy atom. The number of nitrogens with one attached hydrogen (secondary N) is 1. The Labute approximate surface area is 193 Å². The van der Waals surface area contributed by atoms with Crippen LogP contribution in [0, 0.1) is 32.5 Å². The maximum absolute atomic E-state index is 13.7. The quantitative estimate of drug-likeness (QED) is 0.639. The van der Waals surface area contributed by atoms with Crippen molar-refractivity contribution >= 4 is 11.8 Å². The van der Waals surface area contributed by atoms with Crippen LogP contribution in [-0.2, 0) is 11.3 Å². The van der Waals surface area contributed by atoms with Gasteiger partial charge in [0.25, 0.3) is 5.91 Å². The van der Waals surface area contributed by atoms with E-state index < -0.39 is 0 Å². The molecule has 2 amide bonds. The molecule has 0 saturated carbocycles. The van der Waals surface area contributed by atoms with E-state index in [1.165, 1.54) is 6.07 Å². The molecule has 1 aliphatic heterocycles. The number of hydrogen-bond acceptors (Lipinski definition) is 3. The molecule has 33 heavy (non-hydrogen) atoms. The number of carbonyl (C=O) groups is 2. The molecule has 2 aromatic heterocycles. The number of hydrogen-bond donors (Lipinski definition) is 1. The summed E-state index contributed by atoms with van der Waals surface area (Å²) in [7, 11) is 0. The Morgan fingerprint density at radius 3 is 2.55 bits per heavy atom. The molecule has 3 aromatic rings. The van der Waals surface area contributed by atoms with Crippen molar-refractivity contribution in [3.05, 3.63) is 82.7 Å². The molecule has 1 saturated heterocycles. The van der Waals surface area contributed by atoms with E-state index in [1.54, 1.807) is 25.4 Å². The number of benzene rings is 1. The fourth-order valence-corrected chi connectivity index (χ4v) is 4.46. The molecule has 1 aliphatic rings. The van der Waals surface area contributed by atoms with Gasteiger partial charge in [0, 0.05) is 43.1 Å². The van der Waals surface area contributed by atoms with E-state index in [0.29, 0.717) is 43.6 Å². The second-order valence-corrected chi connectivity index (χ2v) is 8.70. The van der Waals surface area contributed by atoms with Gasteiger partial charge < -0.3 is 14.8 Å². The highest BCUT2D eigenvalue weighted by Crippen LogP contribution is 2.24. The predicted molar refractivity (Wildman–Crippen MR) is 125 cm³/mol. The molecule has 4 rings (SSSR count). The van der Waals surface area contributed by atoms with Crippen LogP contribution in [0.1, 0.15) is 45.7 Å². The van der Waals surface area contributed by atoms with Crippen LogP contribution in [0.15, 0.2) is 48.8 Å². The molecular formula is C26H29FN4O2. The second-order valence-electron chi connectivity index (χ2n) is 8.70. The fourth-order valence-electron chi connectivity index (χ4n) is 4.46. The highest BCUT2D eigenvalue weighted by atomic mass is 19.1. The number of likely N-dealkylation sites (tertiary alicyclic amines) is 1. The SMILES string of the molecule is Cc1ccc(CNC(=O)C2CCN(C(=O)c3cc(C)n(-c4cccnc4)c3C)CC2)cc1F. The molecule has 1 fully saturated rings. The molecule has 172 valence electrons. The molecular weight excluding hydrogens is 419 g/mol. The maximum Gasteiger partial charge on any atom is 0.255 e.